The molecule has 0 saturated carbocycles. The van der Waals surface area contributed by atoms with Crippen molar-refractivity contribution >= 4 is 0 Å². The largest absolute Gasteiger partial charge is 0.0654 e. The minimum atomic E-state index is 1.12. The normalized spacial score (nSPS) is 10.6. The lowest BCUT2D eigenvalue weighted by atomic mass is 10.1. The van der Waals surface area contributed by atoms with Crippen LogP contribution in [-0.4, -0.2) is 0 Å². The lowest BCUT2D eigenvalue weighted by Gasteiger charge is -2.00. The Morgan fingerprint density at radius 1 is 0.320 bits per heavy atom. The van der Waals surface area contributed by atoms with E-state index in [0.29, 0.717) is 0 Å². The van der Waals surface area contributed by atoms with Crippen LogP contribution in [0.1, 0.15) is 149 Å². The van der Waals surface area contributed by atoms with Gasteiger partial charge in [0.1, 0.15) is 0 Å². The molecule has 0 fully saturated rings. The second-order valence-corrected chi connectivity index (χ2v) is 7.72. The zero-order valence-corrected chi connectivity index (χ0v) is 18.3. The fraction of sp³-hybridized carbons (Fsp3) is 0.920. The molecule has 0 aliphatic heterocycles. The van der Waals surface area contributed by atoms with Crippen molar-refractivity contribution in [1.82, 2.24) is 0 Å². The molecule has 0 atom stereocenters. The highest BCUT2D eigenvalue weighted by molar-refractivity contribution is 4.48. The zero-order valence-electron chi connectivity index (χ0n) is 18.3. The second kappa shape index (κ2) is 28.8. The number of unbranched alkanes of at least 4 members (excludes halogenated alkanes) is 19. The van der Waals surface area contributed by atoms with Gasteiger partial charge in [-0.1, -0.05) is 163 Å². The highest BCUT2D eigenvalue weighted by Crippen LogP contribution is 2.11. The highest BCUT2D eigenvalue weighted by atomic mass is 14.0. The zero-order chi connectivity index (χ0) is 18.8. The van der Waals surface area contributed by atoms with Gasteiger partial charge in [-0.15, -0.1) is 0 Å². The van der Waals surface area contributed by atoms with E-state index in [1.165, 1.54) is 122 Å². The molecule has 0 unspecified atom stereocenters. The minimum absolute atomic E-state index is 1.12. The summed E-state index contributed by atoms with van der Waals surface area (Å²) in [5.41, 5.74) is 0. The van der Waals surface area contributed by atoms with E-state index in [9.17, 15) is 0 Å². The molecule has 0 aliphatic rings. The smallest absolute Gasteiger partial charge is 0.0533 e. The van der Waals surface area contributed by atoms with Crippen LogP contribution in [0.4, 0.5) is 0 Å². The molecule has 0 aromatic carbocycles. The Hall–Kier alpha value is 0. The molecule has 0 aromatic rings. The van der Waals surface area contributed by atoms with Crippen molar-refractivity contribution in [2.45, 2.75) is 149 Å². The standard InChI is InChI=1S/C13H27.C12H25/c1-3-5-7-9-11-13-12-10-8-6-4-2;1-3-5-7-9-11-12-10-8-6-4-2/h1,3-13H2,2H3;1,3-12H2,2H3. The third-order valence-corrected chi connectivity index (χ3v) is 4.96. The highest BCUT2D eigenvalue weighted by Gasteiger charge is 1.91. The van der Waals surface area contributed by atoms with E-state index in [2.05, 4.69) is 27.7 Å². The molecule has 0 aromatic heterocycles. The van der Waals surface area contributed by atoms with Crippen molar-refractivity contribution in [1.29, 1.82) is 0 Å². The summed E-state index contributed by atoms with van der Waals surface area (Å²) >= 11 is 0. The van der Waals surface area contributed by atoms with Crippen molar-refractivity contribution in [3.63, 3.8) is 0 Å². The van der Waals surface area contributed by atoms with Gasteiger partial charge in [-0.2, -0.15) is 0 Å². The van der Waals surface area contributed by atoms with E-state index >= 15 is 0 Å². The van der Waals surface area contributed by atoms with Gasteiger partial charge in [0, 0.05) is 0 Å². The first-order valence-corrected chi connectivity index (χ1v) is 11.9. The fourth-order valence-corrected chi connectivity index (χ4v) is 3.15. The predicted octanol–water partition coefficient (Wildman–Crippen LogP) is 9.87. The van der Waals surface area contributed by atoms with Crippen molar-refractivity contribution in [3.8, 4) is 0 Å². The Morgan fingerprint density at radius 2 is 0.520 bits per heavy atom. The quantitative estimate of drug-likeness (QED) is 0.203. The Kier molecular flexibility index (Phi) is 31.3. The molecular weight excluding hydrogens is 300 g/mol. The molecule has 0 amide bonds. The summed E-state index contributed by atoms with van der Waals surface area (Å²) in [6.07, 6.45) is 29.3. The molecule has 0 rings (SSSR count). The third kappa shape index (κ3) is 32.2. The van der Waals surface area contributed by atoms with Gasteiger partial charge in [0.2, 0.25) is 0 Å². The van der Waals surface area contributed by atoms with Crippen LogP contribution in [0.2, 0.25) is 0 Å². The molecule has 25 heavy (non-hydrogen) atoms. The molecule has 0 N–H and O–H groups in total. The Labute approximate surface area is 163 Å². The van der Waals surface area contributed by atoms with Gasteiger partial charge < -0.3 is 0 Å². The molecule has 0 aliphatic carbocycles. The van der Waals surface area contributed by atoms with Gasteiger partial charge in [-0.25, -0.2) is 0 Å². The fourth-order valence-electron chi connectivity index (χ4n) is 3.15. The summed E-state index contributed by atoms with van der Waals surface area (Å²) in [7, 11) is 0. The first kappa shape index (κ1) is 27.2. The van der Waals surface area contributed by atoms with Crippen LogP contribution in [0.5, 0.6) is 0 Å². The van der Waals surface area contributed by atoms with Gasteiger partial charge in [-0.3, -0.25) is 0 Å². The second-order valence-electron chi connectivity index (χ2n) is 7.72. The minimum Gasteiger partial charge on any atom is -0.0654 e. The molecule has 0 bridgehead atoms. The maximum atomic E-state index is 3.85. The Bertz CT molecular complexity index is 164. The average molecular weight is 353 g/mol. The third-order valence-electron chi connectivity index (χ3n) is 4.96. The van der Waals surface area contributed by atoms with Crippen LogP contribution in [-0.2, 0) is 0 Å². The maximum absolute atomic E-state index is 3.85. The molecular formula is C25H52. The van der Waals surface area contributed by atoms with Crippen LogP contribution >= 0.6 is 0 Å². The van der Waals surface area contributed by atoms with Crippen LogP contribution in [0, 0.1) is 13.8 Å². The number of hydrogen-bond donors (Lipinski definition) is 0. The topological polar surface area (TPSA) is 0 Å². The summed E-state index contributed by atoms with van der Waals surface area (Å²) < 4.78 is 0. The van der Waals surface area contributed by atoms with Crippen molar-refractivity contribution < 1.29 is 0 Å². The number of rotatable bonds is 19. The number of hydrogen-bond acceptors (Lipinski definition) is 0. The van der Waals surface area contributed by atoms with E-state index in [1.807, 2.05) is 0 Å². The maximum Gasteiger partial charge on any atom is -0.0533 e. The predicted molar refractivity (Wildman–Crippen MR) is 119 cm³/mol. The monoisotopic (exact) mass is 352 g/mol. The summed E-state index contributed by atoms with van der Waals surface area (Å²) in [6, 6.07) is 0. The van der Waals surface area contributed by atoms with Gasteiger partial charge in [0.25, 0.3) is 0 Å². The summed E-state index contributed by atoms with van der Waals surface area (Å²) in [4.78, 5) is 0. The molecule has 152 valence electrons. The van der Waals surface area contributed by atoms with E-state index in [0.717, 1.165) is 12.8 Å². The lowest BCUT2D eigenvalue weighted by molar-refractivity contribution is 0.557. The molecule has 2 radical (unpaired) electrons. The van der Waals surface area contributed by atoms with Crippen LogP contribution in [0.15, 0.2) is 0 Å². The van der Waals surface area contributed by atoms with Crippen LogP contribution < -0.4 is 0 Å². The Balaban J connectivity index is 0. The van der Waals surface area contributed by atoms with Gasteiger partial charge in [0.15, 0.2) is 0 Å². The van der Waals surface area contributed by atoms with Crippen LogP contribution in [0.3, 0.4) is 0 Å². The van der Waals surface area contributed by atoms with Crippen LogP contribution in [0.25, 0.3) is 0 Å². The van der Waals surface area contributed by atoms with Crippen molar-refractivity contribution in [2.75, 3.05) is 0 Å². The van der Waals surface area contributed by atoms with Gasteiger partial charge in [-0.05, 0) is 0 Å². The van der Waals surface area contributed by atoms with Gasteiger partial charge in [0.05, 0.1) is 0 Å². The molecule has 0 spiro atoms. The van der Waals surface area contributed by atoms with E-state index in [1.54, 1.807) is 0 Å². The van der Waals surface area contributed by atoms with Gasteiger partial charge >= 0.3 is 0 Å². The van der Waals surface area contributed by atoms with E-state index < -0.39 is 0 Å². The average Bonchev–Trinajstić information content (AvgIpc) is 2.63. The molecule has 0 saturated heterocycles. The first-order chi connectivity index (χ1) is 12.3. The van der Waals surface area contributed by atoms with E-state index in [4.69, 9.17) is 0 Å². The van der Waals surface area contributed by atoms with Crippen molar-refractivity contribution in [3.05, 3.63) is 13.8 Å². The summed E-state index contributed by atoms with van der Waals surface area (Å²) in [5.74, 6) is 0. The molecule has 0 nitrogen and oxygen atoms in total. The van der Waals surface area contributed by atoms with Crippen molar-refractivity contribution in [2.24, 2.45) is 0 Å². The van der Waals surface area contributed by atoms with E-state index in [-0.39, 0.29) is 0 Å². The summed E-state index contributed by atoms with van der Waals surface area (Å²) in [5, 5.41) is 0. The Morgan fingerprint density at radius 3 is 0.720 bits per heavy atom. The lowest BCUT2D eigenvalue weighted by Crippen LogP contribution is -1.81. The molecule has 0 heteroatoms. The molecule has 0 heterocycles. The summed E-state index contributed by atoms with van der Waals surface area (Å²) in [6.45, 7) is 12.2. The SMILES string of the molecule is [CH2]CCCCCCCCCCC.[CH2]CCCCCCCCCCCC. The first-order valence-electron chi connectivity index (χ1n) is 11.9.